The molecule has 6 nitrogen and oxygen atoms in total. The number of carbonyl (C=O) groups excluding carboxylic acids is 1. The number of H-pyrrole nitrogens is 1. The van der Waals surface area contributed by atoms with Gasteiger partial charge < -0.3 is 20.1 Å². The highest BCUT2D eigenvalue weighted by atomic mass is 16.5. The Hall–Kier alpha value is -1.82. The highest BCUT2D eigenvalue weighted by molar-refractivity contribution is 6.00. The molecule has 1 aliphatic rings. The molecule has 0 radical (unpaired) electrons. The van der Waals surface area contributed by atoms with E-state index in [1.807, 2.05) is 0 Å². The molecule has 20 heavy (non-hydrogen) atoms. The molecule has 0 atom stereocenters. The minimum Gasteiger partial charge on any atom is -0.477 e. The fraction of sp³-hybridized carbons (Fsp3) is 0.571. The summed E-state index contributed by atoms with van der Waals surface area (Å²) in [5, 5.41) is 11.9. The lowest BCUT2D eigenvalue weighted by Crippen LogP contribution is -2.32. The van der Waals surface area contributed by atoms with Crippen molar-refractivity contribution in [2.45, 2.75) is 26.7 Å². The van der Waals surface area contributed by atoms with Gasteiger partial charge in [-0.05, 0) is 38.2 Å². The Balaban J connectivity index is 2.03. The van der Waals surface area contributed by atoms with Crippen LogP contribution in [-0.2, 0) is 4.74 Å². The number of aromatic carboxylic acids is 1. The van der Waals surface area contributed by atoms with Gasteiger partial charge in [-0.1, -0.05) is 0 Å². The molecule has 2 heterocycles. The molecule has 0 aliphatic carbocycles. The van der Waals surface area contributed by atoms with Crippen molar-refractivity contribution in [3.63, 3.8) is 0 Å². The Morgan fingerprint density at radius 1 is 1.35 bits per heavy atom. The summed E-state index contributed by atoms with van der Waals surface area (Å²) in [7, 11) is 0. The molecular formula is C14H20N2O4. The molecule has 0 spiro atoms. The second-order valence-electron chi connectivity index (χ2n) is 5.20. The Morgan fingerprint density at radius 3 is 2.55 bits per heavy atom. The summed E-state index contributed by atoms with van der Waals surface area (Å²) in [4.78, 5) is 26.0. The minimum atomic E-state index is -1.05. The summed E-state index contributed by atoms with van der Waals surface area (Å²) < 4.78 is 5.28. The molecule has 1 saturated heterocycles. The summed E-state index contributed by atoms with van der Waals surface area (Å²) in [6.07, 6.45) is 1.90. The van der Waals surface area contributed by atoms with Crippen molar-refractivity contribution >= 4 is 11.9 Å². The van der Waals surface area contributed by atoms with E-state index in [-0.39, 0.29) is 11.6 Å². The van der Waals surface area contributed by atoms with E-state index in [9.17, 15) is 9.59 Å². The predicted molar refractivity (Wildman–Crippen MR) is 73.1 cm³/mol. The Labute approximate surface area is 117 Å². The quantitative estimate of drug-likeness (QED) is 0.779. The Morgan fingerprint density at radius 2 is 2.00 bits per heavy atom. The van der Waals surface area contributed by atoms with Crippen LogP contribution in [0.15, 0.2) is 0 Å². The fourth-order valence-corrected chi connectivity index (χ4v) is 2.58. The number of hydrogen-bond acceptors (Lipinski definition) is 3. The van der Waals surface area contributed by atoms with Gasteiger partial charge in [-0.3, -0.25) is 4.79 Å². The van der Waals surface area contributed by atoms with Gasteiger partial charge in [0.15, 0.2) is 0 Å². The van der Waals surface area contributed by atoms with Crippen LogP contribution in [0.25, 0.3) is 0 Å². The van der Waals surface area contributed by atoms with Crippen LogP contribution in [0.4, 0.5) is 0 Å². The molecular weight excluding hydrogens is 260 g/mol. The second-order valence-corrected chi connectivity index (χ2v) is 5.20. The molecule has 0 bridgehead atoms. The van der Waals surface area contributed by atoms with Crippen LogP contribution in [0.3, 0.4) is 0 Å². The van der Waals surface area contributed by atoms with E-state index in [4.69, 9.17) is 9.84 Å². The second kappa shape index (κ2) is 6.09. The lowest BCUT2D eigenvalue weighted by atomic mass is 10.00. The number of amides is 1. The van der Waals surface area contributed by atoms with Crippen LogP contribution in [0.2, 0.25) is 0 Å². The number of carboxylic acid groups (broad SMARTS) is 1. The van der Waals surface area contributed by atoms with Crippen molar-refractivity contribution in [2.75, 3.05) is 19.8 Å². The van der Waals surface area contributed by atoms with E-state index in [1.54, 1.807) is 13.8 Å². The van der Waals surface area contributed by atoms with Gasteiger partial charge >= 0.3 is 5.97 Å². The lowest BCUT2D eigenvalue weighted by molar-refractivity contribution is 0.0642. The SMILES string of the molecule is Cc1[nH]c(C(=O)O)c(C)c1C(=O)NCC1CCOCC1. The van der Waals surface area contributed by atoms with Gasteiger partial charge in [0, 0.05) is 25.5 Å². The summed E-state index contributed by atoms with van der Waals surface area (Å²) in [6, 6.07) is 0. The number of ether oxygens (including phenoxy) is 1. The largest absolute Gasteiger partial charge is 0.477 e. The standard InChI is InChI=1S/C14H20N2O4/c1-8-11(9(2)16-12(8)14(18)19)13(17)15-7-10-3-5-20-6-4-10/h10,16H,3-7H2,1-2H3,(H,15,17)(H,18,19). The maximum Gasteiger partial charge on any atom is 0.352 e. The normalized spacial score (nSPS) is 16.1. The van der Waals surface area contributed by atoms with Crippen LogP contribution in [0.5, 0.6) is 0 Å². The van der Waals surface area contributed by atoms with Gasteiger partial charge in [0.05, 0.1) is 5.56 Å². The molecule has 110 valence electrons. The van der Waals surface area contributed by atoms with Gasteiger partial charge in [-0.25, -0.2) is 4.79 Å². The van der Waals surface area contributed by atoms with Crippen LogP contribution in [0.1, 0.15) is 44.9 Å². The summed E-state index contributed by atoms with van der Waals surface area (Å²) in [6.45, 7) is 5.45. The van der Waals surface area contributed by atoms with Gasteiger partial charge in [-0.2, -0.15) is 0 Å². The van der Waals surface area contributed by atoms with E-state index in [0.29, 0.717) is 29.3 Å². The monoisotopic (exact) mass is 280 g/mol. The van der Waals surface area contributed by atoms with Gasteiger partial charge in [0.2, 0.25) is 0 Å². The Kier molecular flexibility index (Phi) is 4.44. The van der Waals surface area contributed by atoms with Crippen molar-refractivity contribution in [3.8, 4) is 0 Å². The lowest BCUT2D eigenvalue weighted by Gasteiger charge is -2.22. The summed E-state index contributed by atoms with van der Waals surface area (Å²) >= 11 is 0. The number of nitrogens with one attached hydrogen (secondary N) is 2. The predicted octanol–water partition coefficient (Wildman–Crippen LogP) is 1.49. The topological polar surface area (TPSA) is 91.4 Å². The summed E-state index contributed by atoms with van der Waals surface area (Å²) in [5.74, 6) is -0.824. The first-order valence-electron chi connectivity index (χ1n) is 6.79. The van der Waals surface area contributed by atoms with E-state index >= 15 is 0 Å². The van der Waals surface area contributed by atoms with Crippen molar-refractivity contribution in [1.29, 1.82) is 0 Å². The van der Waals surface area contributed by atoms with Crippen molar-refractivity contribution in [2.24, 2.45) is 5.92 Å². The first-order valence-corrected chi connectivity index (χ1v) is 6.79. The van der Waals surface area contributed by atoms with Crippen molar-refractivity contribution in [3.05, 3.63) is 22.5 Å². The molecule has 1 aliphatic heterocycles. The first kappa shape index (κ1) is 14.6. The summed E-state index contributed by atoms with van der Waals surface area (Å²) in [5.41, 5.74) is 1.59. The number of carbonyl (C=O) groups is 2. The fourth-order valence-electron chi connectivity index (χ4n) is 2.58. The smallest absolute Gasteiger partial charge is 0.352 e. The highest BCUT2D eigenvalue weighted by Crippen LogP contribution is 2.18. The third-order valence-corrected chi connectivity index (χ3v) is 3.77. The van der Waals surface area contributed by atoms with Crippen molar-refractivity contribution in [1.82, 2.24) is 10.3 Å². The Bertz CT molecular complexity index is 515. The highest BCUT2D eigenvalue weighted by Gasteiger charge is 2.22. The van der Waals surface area contributed by atoms with E-state index in [1.165, 1.54) is 0 Å². The molecule has 1 aromatic rings. The van der Waals surface area contributed by atoms with Gasteiger partial charge in [-0.15, -0.1) is 0 Å². The van der Waals surface area contributed by atoms with Gasteiger partial charge in [0.25, 0.3) is 5.91 Å². The third kappa shape index (κ3) is 3.01. The maximum absolute atomic E-state index is 12.2. The molecule has 3 N–H and O–H groups in total. The van der Waals surface area contributed by atoms with Gasteiger partial charge in [0.1, 0.15) is 5.69 Å². The molecule has 2 rings (SSSR count). The van der Waals surface area contributed by atoms with Crippen LogP contribution in [-0.4, -0.2) is 41.7 Å². The zero-order chi connectivity index (χ0) is 14.7. The van der Waals surface area contributed by atoms with E-state index < -0.39 is 5.97 Å². The number of hydrogen-bond donors (Lipinski definition) is 3. The zero-order valence-electron chi connectivity index (χ0n) is 11.8. The van der Waals surface area contributed by atoms with E-state index in [0.717, 1.165) is 26.1 Å². The number of carboxylic acids is 1. The number of aromatic nitrogens is 1. The molecule has 0 unspecified atom stereocenters. The first-order chi connectivity index (χ1) is 9.50. The molecule has 0 aromatic carbocycles. The molecule has 1 aromatic heterocycles. The minimum absolute atomic E-state index is 0.0821. The number of rotatable bonds is 4. The molecule has 6 heteroatoms. The van der Waals surface area contributed by atoms with Crippen LogP contribution < -0.4 is 5.32 Å². The zero-order valence-corrected chi connectivity index (χ0v) is 11.8. The molecule has 1 fully saturated rings. The molecule has 0 saturated carbocycles. The maximum atomic E-state index is 12.2. The number of aryl methyl sites for hydroxylation is 1. The van der Waals surface area contributed by atoms with E-state index in [2.05, 4.69) is 10.3 Å². The van der Waals surface area contributed by atoms with Crippen LogP contribution in [0, 0.1) is 19.8 Å². The van der Waals surface area contributed by atoms with Crippen LogP contribution >= 0.6 is 0 Å². The average Bonchev–Trinajstić information content (AvgIpc) is 2.73. The third-order valence-electron chi connectivity index (χ3n) is 3.77. The average molecular weight is 280 g/mol. The molecule has 1 amide bonds. The van der Waals surface area contributed by atoms with Crippen molar-refractivity contribution < 1.29 is 19.4 Å². The number of aromatic amines is 1.